The van der Waals surface area contributed by atoms with E-state index in [9.17, 15) is 0 Å². The molecule has 0 amide bonds. The maximum atomic E-state index is 5.16. The van der Waals surface area contributed by atoms with Gasteiger partial charge in [-0.05, 0) is 61.2 Å². The summed E-state index contributed by atoms with van der Waals surface area (Å²) in [5.74, 6) is 11.3. The van der Waals surface area contributed by atoms with Crippen LogP contribution >= 0.6 is 23.5 Å². The van der Waals surface area contributed by atoms with Gasteiger partial charge in [-0.2, -0.15) is 0 Å². The molecule has 9 aliphatic rings. The Morgan fingerprint density at radius 2 is 0.980 bits per heavy atom. The van der Waals surface area contributed by atoms with Crippen molar-refractivity contribution in [3.05, 3.63) is 0 Å². The van der Waals surface area contributed by atoms with Crippen molar-refractivity contribution in [3.8, 4) is 0 Å². The van der Waals surface area contributed by atoms with E-state index in [0.717, 1.165) is 98.6 Å². The van der Waals surface area contributed by atoms with E-state index >= 15 is 0 Å². The van der Waals surface area contributed by atoms with Crippen molar-refractivity contribution in [2.45, 2.75) is 299 Å². The number of ether oxygens (including phenoxy) is 1. The summed E-state index contributed by atoms with van der Waals surface area (Å²) in [5.41, 5.74) is 7.34. The van der Waals surface area contributed by atoms with Gasteiger partial charge in [0.05, 0.1) is 62.2 Å². The summed E-state index contributed by atoms with van der Waals surface area (Å²) in [7, 11) is 0. The Morgan fingerprint density at radius 1 is 0.455 bits per heavy atom. The van der Waals surface area contributed by atoms with Gasteiger partial charge in [0.25, 0.3) is 0 Å². The van der Waals surface area contributed by atoms with Crippen molar-refractivity contribution in [1.29, 1.82) is 0 Å². The molecule has 594 valence electrons. The molecule has 9 rings (SSSR count). The molecule has 0 aromatic heterocycles. The van der Waals surface area contributed by atoms with Crippen LogP contribution in [0.5, 0.6) is 0 Å². The standard InChI is InChI=1S/4C7H14N2.C7H13NS.2C6H12N2O.C6H11NO2.C6H11NOS.9C2H6/c1-6(2)7-3-8-5-9-4-7;2*1-6(2)7-3-4-8-5-9-7;1-6(2)7-8-4-3-5-9-7;1-6(2)7-3-4-9-5-8-7;1-5(2)6-3-9-8-4-7-6;1-5(2)6-7-3-4-9-8-6;1-5(2)6-7-9-4-3-8-6;1-5(2)6-7-8-3-4-9-6;9*1-2/h3*5-7H,3-4H2,1-2H3,(H,8,9);6H,3-5H2,1-2H3,(H,8,9);5-7H,3-4H2,1-2H3;4-6H,3H2,1-2H3,(H,7,8);5H,3-4H2,1-2H3,(H,7,8);2*5H,3-4H2,1-2H3;9*1-2H3. The number of hydroxylamine groups is 2. The predicted octanol–water partition coefficient (Wildman–Crippen LogP) is 19.3. The minimum Gasteiger partial charge on any atom is -0.475 e. The van der Waals surface area contributed by atoms with Gasteiger partial charge >= 0.3 is 0 Å². The molecule has 0 aromatic carbocycles. The second-order valence-electron chi connectivity index (χ2n) is 23.4. The van der Waals surface area contributed by atoms with Gasteiger partial charge in [0, 0.05) is 86.5 Å². The number of nitrogens with one attached hydrogen (secondary N) is 6. The van der Waals surface area contributed by atoms with E-state index in [4.69, 9.17) is 24.1 Å². The Hall–Kier alpha value is -4.15. The largest absolute Gasteiger partial charge is 0.475 e. The van der Waals surface area contributed by atoms with Gasteiger partial charge in [-0.1, -0.05) is 260 Å². The third-order valence-electron chi connectivity index (χ3n) is 13.2. The molecule has 9 aliphatic heterocycles. The van der Waals surface area contributed by atoms with Gasteiger partial charge < -0.3 is 35.7 Å². The van der Waals surface area contributed by atoms with E-state index in [-0.39, 0.29) is 0 Å². The summed E-state index contributed by atoms with van der Waals surface area (Å²) >= 11 is 3.62. The maximum absolute atomic E-state index is 5.16. The smallest absolute Gasteiger partial charge is 0.228 e. The normalized spacial score (nSPS) is 19.5. The number of hydrogen-bond acceptors (Lipinski definition) is 22. The molecule has 6 N–H and O–H groups in total. The number of thioether (sulfide) groups is 2. The number of nitrogens with zero attached hydrogens (tertiary/aromatic N) is 9. The number of aliphatic imine (C=N–C) groups is 7. The lowest BCUT2D eigenvalue weighted by molar-refractivity contribution is 0.0567. The van der Waals surface area contributed by atoms with Crippen molar-refractivity contribution < 1.29 is 24.1 Å². The van der Waals surface area contributed by atoms with Crippen LogP contribution in [0, 0.1) is 59.2 Å². The lowest BCUT2D eigenvalue weighted by Gasteiger charge is -2.22. The van der Waals surface area contributed by atoms with Crippen LogP contribution in [0.1, 0.15) is 275 Å². The number of rotatable bonds is 9. The van der Waals surface area contributed by atoms with Crippen LogP contribution in [0.3, 0.4) is 0 Å². The minimum absolute atomic E-state index is 0.338. The fourth-order valence-corrected chi connectivity index (χ4v) is 9.01. The molecule has 99 heavy (non-hydrogen) atoms. The van der Waals surface area contributed by atoms with Crippen LogP contribution in [-0.4, -0.2) is 168 Å². The van der Waals surface area contributed by atoms with Crippen molar-refractivity contribution in [2.24, 2.45) is 104 Å². The molecule has 0 aliphatic carbocycles. The number of hydrogen-bond donors (Lipinski definition) is 6. The second kappa shape index (κ2) is 89.9. The van der Waals surface area contributed by atoms with Crippen LogP contribution in [0.4, 0.5) is 0 Å². The van der Waals surface area contributed by atoms with E-state index in [1.54, 1.807) is 24.4 Å². The maximum Gasteiger partial charge on any atom is 0.228 e. The van der Waals surface area contributed by atoms with Crippen LogP contribution < -0.4 is 32.2 Å². The van der Waals surface area contributed by atoms with E-state index in [0.29, 0.717) is 86.1 Å². The zero-order valence-corrected chi connectivity index (χ0v) is 73.2. The van der Waals surface area contributed by atoms with Gasteiger partial charge in [0.1, 0.15) is 30.4 Å². The van der Waals surface area contributed by atoms with E-state index in [1.165, 1.54) is 37.3 Å². The first kappa shape index (κ1) is 113. The molecule has 5 unspecified atom stereocenters. The summed E-state index contributed by atoms with van der Waals surface area (Å²) in [6.45, 7) is 85.3. The first-order chi connectivity index (χ1) is 47.7. The lowest BCUT2D eigenvalue weighted by atomic mass is 9.95. The van der Waals surface area contributed by atoms with Gasteiger partial charge in [0.2, 0.25) is 5.90 Å². The monoisotopic (exact) mass is 1450 g/mol. The van der Waals surface area contributed by atoms with Crippen LogP contribution in [0.2, 0.25) is 0 Å². The van der Waals surface area contributed by atoms with Crippen LogP contribution in [0.25, 0.3) is 0 Å². The van der Waals surface area contributed by atoms with E-state index < -0.39 is 0 Å². The van der Waals surface area contributed by atoms with Crippen LogP contribution in [-0.2, 0) is 24.1 Å². The molecule has 0 saturated heterocycles. The summed E-state index contributed by atoms with van der Waals surface area (Å²) in [5, 5.41) is 21.6. The second-order valence-corrected chi connectivity index (χ2v) is 25.5. The Labute approximate surface area is 624 Å². The molecule has 20 nitrogen and oxygen atoms in total. The molecule has 0 bridgehead atoms. The zero-order chi connectivity index (χ0) is 78.2. The lowest BCUT2D eigenvalue weighted by Crippen LogP contribution is -2.36. The third kappa shape index (κ3) is 73.4. The average Bonchev–Trinajstić information content (AvgIpc) is 3.85. The van der Waals surface area contributed by atoms with Crippen LogP contribution in [0.15, 0.2) is 45.3 Å². The summed E-state index contributed by atoms with van der Waals surface area (Å²) in [6, 6.07) is 2.25. The highest BCUT2D eigenvalue weighted by molar-refractivity contribution is 8.14. The highest BCUT2D eigenvalue weighted by Crippen LogP contribution is 2.19. The molecule has 5 atom stereocenters. The molecular weight excluding hydrogens is 1280 g/mol. The predicted molar refractivity (Wildman–Crippen MR) is 453 cm³/mol. The van der Waals surface area contributed by atoms with Crippen molar-refractivity contribution in [3.63, 3.8) is 0 Å². The zero-order valence-electron chi connectivity index (χ0n) is 71.6. The van der Waals surface area contributed by atoms with E-state index in [2.05, 4.69) is 188 Å². The SMILES string of the molecule is CC.CC.CC.CC.CC.CC.CC.CC.CC.CC(C)C1=NCCCN1.CC(C)C1=NCCON1.CC(C)C1=NOCCO1.CC(C)C1=NOCCS1.CC(C)C1CCN=CN1.CC(C)C1CCN=CN1.CC(C)C1CCSC=N1.CC(C)C1CN=CNC1.CC(C)C1CONC=N1. The first-order valence-corrected chi connectivity index (χ1v) is 41.4. The molecule has 9 heterocycles. The van der Waals surface area contributed by atoms with Crippen molar-refractivity contribution >= 4 is 77.0 Å². The molecule has 22 heteroatoms. The highest BCUT2D eigenvalue weighted by atomic mass is 32.2. The summed E-state index contributed by atoms with van der Waals surface area (Å²) < 4.78 is 5.16. The van der Waals surface area contributed by atoms with Gasteiger partial charge in [-0.3, -0.25) is 55.6 Å². The molecular formula is C77H169N15O5S2. The topological polar surface area (TPSA) is 230 Å². The van der Waals surface area contributed by atoms with E-state index in [1.807, 2.05) is 168 Å². The Morgan fingerprint density at radius 3 is 1.22 bits per heavy atom. The molecule has 0 aromatic rings. The molecule has 0 spiro atoms. The Bertz CT molecular complexity index is 1650. The highest BCUT2D eigenvalue weighted by Gasteiger charge is 2.17. The fourth-order valence-electron chi connectivity index (χ4n) is 7.48. The first-order valence-electron chi connectivity index (χ1n) is 39.3. The van der Waals surface area contributed by atoms with Gasteiger partial charge in [-0.15, -0.1) is 23.5 Å². The number of amidine groups is 2. The molecule has 0 radical (unpaired) electrons. The van der Waals surface area contributed by atoms with Gasteiger partial charge in [0.15, 0.2) is 6.61 Å². The number of oxime groups is 2. The fraction of sp³-hybridized carbons (Fsp3) is 0.883. The average molecular weight is 1450 g/mol. The quantitative estimate of drug-likeness (QED) is 0.126. The molecule has 0 fully saturated rings. The Kier molecular flexibility index (Phi) is 103. The van der Waals surface area contributed by atoms with Crippen molar-refractivity contribution in [1.82, 2.24) is 32.2 Å². The third-order valence-corrected chi connectivity index (χ3v) is 15.2. The minimum atomic E-state index is 0.338. The van der Waals surface area contributed by atoms with Crippen molar-refractivity contribution in [2.75, 3.05) is 90.4 Å². The van der Waals surface area contributed by atoms with Gasteiger partial charge in [-0.25, -0.2) is 0 Å². The summed E-state index contributed by atoms with van der Waals surface area (Å²) in [4.78, 5) is 49.0. The molecule has 0 saturated carbocycles. The Balaban J connectivity index is -0.000000128. The summed E-state index contributed by atoms with van der Waals surface area (Å²) in [6.07, 6.45) is 11.9.